The summed E-state index contributed by atoms with van der Waals surface area (Å²) in [5, 5.41) is 31.7. The molecule has 22 heavy (non-hydrogen) atoms. The molecule has 0 saturated carbocycles. The highest BCUT2D eigenvalue weighted by Crippen LogP contribution is 2.20. The van der Waals surface area contributed by atoms with Gasteiger partial charge in [0.05, 0.1) is 19.3 Å². The van der Waals surface area contributed by atoms with E-state index in [1.54, 1.807) is 0 Å². The number of rotatable bonds is 11. The van der Waals surface area contributed by atoms with Crippen LogP contribution >= 0.6 is 0 Å². The summed E-state index contributed by atoms with van der Waals surface area (Å²) < 4.78 is 10.8. The van der Waals surface area contributed by atoms with E-state index >= 15 is 0 Å². The van der Waals surface area contributed by atoms with E-state index in [9.17, 15) is 10.2 Å². The van der Waals surface area contributed by atoms with Gasteiger partial charge in [0.15, 0.2) is 6.29 Å². The fourth-order valence-electron chi connectivity index (χ4n) is 2.44. The average molecular weight is 317 g/mol. The number of allylic oxidation sites excluding steroid dienone is 1. The van der Waals surface area contributed by atoms with Crippen molar-refractivity contribution < 1.29 is 24.8 Å². The van der Waals surface area contributed by atoms with Crippen molar-refractivity contribution in [1.29, 1.82) is 0 Å². The maximum Gasteiger partial charge on any atom is 0.184 e. The van der Waals surface area contributed by atoms with Crippen LogP contribution in [0.2, 0.25) is 0 Å². The summed E-state index contributed by atoms with van der Waals surface area (Å²) in [5.41, 5.74) is 0.994. The fourth-order valence-corrected chi connectivity index (χ4v) is 2.44. The molecule has 0 aromatic carbocycles. The van der Waals surface area contributed by atoms with Crippen molar-refractivity contribution in [2.45, 2.75) is 70.1 Å². The lowest BCUT2D eigenvalue weighted by atomic mass is 10.0. The monoisotopic (exact) mass is 317 g/mol. The second-order valence-corrected chi connectivity index (χ2v) is 5.81. The maximum atomic E-state index is 9.80. The van der Waals surface area contributed by atoms with Crippen LogP contribution in [0, 0.1) is 0 Å². The average Bonchev–Trinajstić information content (AvgIpc) is 2.50. The Bertz CT molecular complexity index is 313. The van der Waals surface area contributed by atoms with Crippen molar-refractivity contribution in [3.8, 4) is 0 Å². The van der Waals surface area contributed by atoms with Gasteiger partial charge in [0, 0.05) is 18.7 Å². The van der Waals surface area contributed by atoms with Crippen LogP contribution in [0.25, 0.3) is 0 Å². The Hall–Kier alpha value is -0.660. The van der Waals surface area contributed by atoms with E-state index < -0.39 is 24.6 Å². The largest absolute Gasteiger partial charge is 0.394 e. The van der Waals surface area contributed by atoms with Crippen LogP contribution in [0.4, 0.5) is 0 Å². The molecule has 6 heteroatoms. The zero-order valence-electron chi connectivity index (χ0n) is 13.5. The first-order valence-electron chi connectivity index (χ1n) is 8.24. The first kappa shape index (κ1) is 19.4. The van der Waals surface area contributed by atoms with Gasteiger partial charge in [-0.15, -0.1) is 0 Å². The number of aliphatic hydroxyl groups is 3. The Morgan fingerprint density at radius 2 is 2.05 bits per heavy atom. The van der Waals surface area contributed by atoms with Crippen LogP contribution in [-0.4, -0.2) is 59.7 Å². The molecule has 0 aromatic heterocycles. The van der Waals surface area contributed by atoms with E-state index in [4.69, 9.17) is 14.6 Å². The molecule has 0 spiro atoms. The first-order chi connectivity index (χ1) is 10.6. The van der Waals surface area contributed by atoms with Gasteiger partial charge in [-0.2, -0.15) is 0 Å². The predicted molar refractivity (Wildman–Crippen MR) is 84.2 cm³/mol. The smallest absolute Gasteiger partial charge is 0.184 e. The van der Waals surface area contributed by atoms with E-state index in [0.29, 0.717) is 13.2 Å². The van der Waals surface area contributed by atoms with Crippen LogP contribution in [0.1, 0.15) is 45.4 Å². The molecule has 0 aliphatic carbocycles. The van der Waals surface area contributed by atoms with Crippen LogP contribution in [0.15, 0.2) is 12.3 Å². The second kappa shape index (κ2) is 11.0. The fraction of sp³-hybridized carbons (Fsp3) is 0.875. The van der Waals surface area contributed by atoms with Gasteiger partial charge >= 0.3 is 0 Å². The van der Waals surface area contributed by atoms with E-state index in [1.165, 1.54) is 19.3 Å². The molecule has 6 nitrogen and oxygen atoms in total. The molecular formula is C16H31NO5. The van der Waals surface area contributed by atoms with E-state index in [-0.39, 0.29) is 13.0 Å². The van der Waals surface area contributed by atoms with Crippen molar-refractivity contribution in [3.63, 3.8) is 0 Å². The molecule has 2 unspecified atom stereocenters. The van der Waals surface area contributed by atoms with Gasteiger partial charge in [0.25, 0.3) is 0 Å². The highest BCUT2D eigenvalue weighted by molar-refractivity contribution is 4.90. The number of hydrogen-bond donors (Lipinski definition) is 4. The quantitative estimate of drug-likeness (QED) is 0.423. The lowest BCUT2D eigenvalue weighted by Gasteiger charge is -2.36. The summed E-state index contributed by atoms with van der Waals surface area (Å²) in [4.78, 5) is 0. The predicted octanol–water partition coefficient (Wildman–Crippen LogP) is 0.906. The molecule has 1 aliphatic rings. The van der Waals surface area contributed by atoms with Crippen molar-refractivity contribution in [2.24, 2.45) is 0 Å². The topological polar surface area (TPSA) is 91.2 Å². The highest BCUT2D eigenvalue weighted by Gasteiger charge is 2.36. The summed E-state index contributed by atoms with van der Waals surface area (Å²) in [5.74, 6) is 0. The minimum absolute atomic E-state index is 0.146. The van der Waals surface area contributed by atoms with Crippen LogP contribution in [0.5, 0.6) is 0 Å². The summed E-state index contributed by atoms with van der Waals surface area (Å²) in [6.45, 7) is 6.82. The lowest BCUT2D eigenvalue weighted by Crippen LogP contribution is -2.50. The minimum atomic E-state index is -0.880. The Morgan fingerprint density at radius 3 is 2.73 bits per heavy atom. The number of aliphatic hydroxyl groups excluding tert-OH is 3. The van der Waals surface area contributed by atoms with Crippen molar-refractivity contribution in [2.75, 3.05) is 19.8 Å². The third kappa shape index (κ3) is 7.07. The summed E-state index contributed by atoms with van der Waals surface area (Å²) in [6, 6.07) is 0. The van der Waals surface area contributed by atoms with E-state index in [1.807, 2.05) is 0 Å². The standard InChI is InChI=1S/C16H31NO5/c1-3-4-5-6-7-12(2)17-8-9-21-16-14(20)10-13(19)15(11-18)22-16/h13-20H,2-11H2,1H3/t13-,14?,15?,16-/m0/s1. The molecule has 0 radical (unpaired) electrons. The van der Waals surface area contributed by atoms with E-state index in [0.717, 1.165) is 18.5 Å². The molecule has 0 amide bonds. The summed E-state index contributed by atoms with van der Waals surface area (Å²) >= 11 is 0. The molecule has 0 aromatic rings. The first-order valence-corrected chi connectivity index (χ1v) is 8.24. The van der Waals surface area contributed by atoms with Crippen LogP contribution in [-0.2, 0) is 9.47 Å². The number of ether oxygens (including phenoxy) is 2. The van der Waals surface area contributed by atoms with Crippen LogP contribution < -0.4 is 5.32 Å². The number of unbranched alkanes of at least 4 members (excludes halogenated alkanes) is 3. The molecule has 4 atom stereocenters. The van der Waals surface area contributed by atoms with Crippen molar-refractivity contribution in [3.05, 3.63) is 12.3 Å². The number of nitrogens with one attached hydrogen (secondary N) is 1. The van der Waals surface area contributed by atoms with Gasteiger partial charge in [0.2, 0.25) is 0 Å². The second-order valence-electron chi connectivity index (χ2n) is 5.81. The lowest BCUT2D eigenvalue weighted by molar-refractivity contribution is -0.269. The Labute approximate surface area is 133 Å². The van der Waals surface area contributed by atoms with Gasteiger partial charge in [-0.05, 0) is 12.8 Å². The summed E-state index contributed by atoms with van der Waals surface area (Å²) in [7, 11) is 0. The van der Waals surface area contributed by atoms with Crippen LogP contribution in [0.3, 0.4) is 0 Å². The normalized spacial score (nSPS) is 28.5. The maximum absolute atomic E-state index is 9.80. The molecule has 1 rings (SSSR count). The van der Waals surface area contributed by atoms with Gasteiger partial charge < -0.3 is 30.1 Å². The minimum Gasteiger partial charge on any atom is -0.394 e. The van der Waals surface area contributed by atoms with Crippen molar-refractivity contribution >= 4 is 0 Å². The molecular weight excluding hydrogens is 286 g/mol. The SMILES string of the molecule is C=C(CCCCCC)NCCO[C@H]1OC(CO)[C@@H](O)CC1O. The molecule has 130 valence electrons. The third-order valence-electron chi connectivity index (χ3n) is 3.81. The van der Waals surface area contributed by atoms with Gasteiger partial charge in [0.1, 0.15) is 12.2 Å². The Balaban J connectivity index is 2.11. The Kier molecular flexibility index (Phi) is 9.66. The van der Waals surface area contributed by atoms with Crippen molar-refractivity contribution in [1.82, 2.24) is 5.32 Å². The molecule has 1 fully saturated rings. The van der Waals surface area contributed by atoms with Gasteiger partial charge in [-0.3, -0.25) is 0 Å². The molecule has 4 N–H and O–H groups in total. The third-order valence-corrected chi connectivity index (χ3v) is 3.81. The van der Waals surface area contributed by atoms with Gasteiger partial charge in [-0.25, -0.2) is 0 Å². The Morgan fingerprint density at radius 1 is 1.27 bits per heavy atom. The number of hydrogen-bond acceptors (Lipinski definition) is 6. The molecule has 0 bridgehead atoms. The van der Waals surface area contributed by atoms with Gasteiger partial charge in [-0.1, -0.05) is 32.8 Å². The molecule has 1 saturated heterocycles. The highest BCUT2D eigenvalue weighted by atomic mass is 16.7. The molecule has 1 heterocycles. The zero-order chi connectivity index (χ0) is 16.4. The molecule has 1 aliphatic heterocycles. The zero-order valence-corrected chi connectivity index (χ0v) is 13.5. The van der Waals surface area contributed by atoms with E-state index in [2.05, 4.69) is 18.8 Å². The summed E-state index contributed by atoms with van der Waals surface area (Å²) in [6.07, 6.45) is 2.70.